The molecule has 2 aromatic carbocycles. The van der Waals surface area contributed by atoms with Crippen LogP contribution in [-0.2, 0) is 0 Å². The molecule has 22 heavy (non-hydrogen) atoms. The number of aromatic nitrogens is 1. The van der Waals surface area contributed by atoms with Crippen molar-refractivity contribution in [3.63, 3.8) is 0 Å². The van der Waals surface area contributed by atoms with Crippen LogP contribution in [0.2, 0.25) is 0 Å². The smallest absolute Gasteiger partial charge is 0.0728 e. The first-order valence-electron chi connectivity index (χ1n) is 7.68. The zero-order valence-corrected chi connectivity index (χ0v) is 12.6. The van der Waals surface area contributed by atoms with Gasteiger partial charge in [0.2, 0.25) is 0 Å². The summed E-state index contributed by atoms with van der Waals surface area (Å²) in [7, 11) is 0. The average molecular weight is 286 g/mol. The minimum atomic E-state index is 0.278. The first-order chi connectivity index (χ1) is 10.8. The van der Waals surface area contributed by atoms with E-state index in [2.05, 4.69) is 77.2 Å². The number of aliphatic imine (C=N–C) groups is 1. The van der Waals surface area contributed by atoms with E-state index in [0.717, 1.165) is 6.42 Å². The molecule has 1 atom stereocenters. The normalized spacial score (nSPS) is 17.2. The summed E-state index contributed by atoms with van der Waals surface area (Å²) in [6.45, 7) is 2.14. The molecule has 2 heterocycles. The van der Waals surface area contributed by atoms with Gasteiger partial charge in [-0.25, -0.2) is 0 Å². The van der Waals surface area contributed by atoms with E-state index in [1.807, 2.05) is 12.4 Å². The molecule has 0 bridgehead atoms. The van der Waals surface area contributed by atoms with Crippen molar-refractivity contribution in [1.29, 1.82) is 0 Å². The van der Waals surface area contributed by atoms with Gasteiger partial charge in [0.05, 0.1) is 6.04 Å². The zero-order chi connectivity index (χ0) is 14.9. The third-order valence-corrected chi connectivity index (χ3v) is 4.22. The van der Waals surface area contributed by atoms with E-state index >= 15 is 0 Å². The van der Waals surface area contributed by atoms with Crippen LogP contribution in [0.25, 0.3) is 22.2 Å². The fourth-order valence-corrected chi connectivity index (χ4v) is 3.19. The molecule has 1 aromatic heterocycles. The molecule has 2 heteroatoms. The van der Waals surface area contributed by atoms with Gasteiger partial charge in [-0.15, -0.1) is 0 Å². The van der Waals surface area contributed by atoms with Gasteiger partial charge in [-0.3, -0.25) is 4.99 Å². The van der Waals surface area contributed by atoms with E-state index in [4.69, 9.17) is 0 Å². The van der Waals surface area contributed by atoms with Gasteiger partial charge in [0.1, 0.15) is 0 Å². The van der Waals surface area contributed by atoms with E-state index in [1.54, 1.807) is 0 Å². The van der Waals surface area contributed by atoms with Crippen LogP contribution in [0.4, 0.5) is 0 Å². The predicted octanol–water partition coefficient (Wildman–Crippen LogP) is 5.15. The summed E-state index contributed by atoms with van der Waals surface area (Å²) in [6.07, 6.45) is 7.06. The van der Waals surface area contributed by atoms with Crippen molar-refractivity contribution >= 4 is 17.1 Å². The number of aryl methyl sites for hydroxylation is 1. The molecule has 0 N–H and O–H groups in total. The Morgan fingerprint density at radius 2 is 1.91 bits per heavy atom. The minimum Gasteiger partial charge on any atom is -0.332 e. The molecule has 3 aromatic rings. The van der Waals surface area contributed by atoms with E-state index in [0.29, 0.717) is 0 Å². The average Bonchev–Trinajstić information content (AvgIpc) is 2.95. The highest BCUT2D eigenvalue weighted by Crippen LogP contribution is 2.33. The van der Waals surface area contributed by atoms with Crippen molar-refractivity contribution in [2.24, 2.45) is 4.99 Å². The zero-order valence-electron chi connectivity index (χ0n) is 12.6. The van der Waals surface area contributed by atoms with Crippen LogP contribution in [0.1, 0.15) is 18.0 Å². The molecule has 0 fully saturated rings. The van der Waals surface area contributed by atoms with Crippen LogP contribution in [-0.4, -0.2) is 10.8 Å². The Morgan fingerprint density at radius 3 is 2.68 bits per heavy atom. The van der Waals surface area contributed by atoms with Gasteiger partial charge < -0.3 is 4.57 Å². The second-order valence-corrected chi connectivity index (χ2v) is 5.81. The van der Waals surface area contributed by atoms with Gasteiger partial charge in [-0.1, -0.05) is 48.0 Å². The summed E-state index contributed by atoms with van der Waals surface area (Å²) in [5.41, 5.74) is 5.07. The van der Waals surface area contributed by atoms with E-state index in [-0.39, 0.29) is 6.04 Å². The van der Waals surface area contributed by atoms with Crippen LogP contribution in [0.3, 0.4) is 0 Å². The van der Waals surface area contributed by atoms with Crippen LogP contribution in [0.5, 0.6) is 0 Å². The lowest BCUT2D eigenvalue weighted by molar-refractivity contribution is 0.680. The molecule has 1 aliphatic rings. The molecule has 0 spiro atoms. The Morgan fingerprint density at radius 1 is 1.05 bits per heavy atom. The van der Waals surface area contributed by atoms with Crippen molar-refractivity contribution < 1.29 is 0 Å². The van der Waals surface area contributed by atoms with Crippen molar-refractivity contribution in [3.8, 4) is 11.3 Å². The summed E-state index contributed by atoms with van der Waals surface area (Å²) in [5, 5.41) is 1.29. The Hall–Kier alpha value is -2.61. The Bertz CT molecular complexity index is 869. The van der Waals surface area contributed by atoms with Gasteiger partial charge in [0.25, 0.3) is 0 Å². The summed E-state index contributed by atoms with van der Waals surface area (Å²) >= 11 is 0. The molecule has 108 valence electrons. The fraction of sp³-hybridized carbons (Fsp3) is 0.150. The number of benzene rings is 2. The first kappa shape index (κ1) is 13.1. The number of nitrogens with zero attached hydrogens (tertiary/aromatic N) is 2. The van der Waals surface area contributed by atoms with Crippen LogP contribution in [0.15, 0.2) is 71.9 Å². The Kier molecular flexibility index (Phi) is 3.15. The van der Waals surface area contributed by atoms with E-state index in [9.17, 15) is 0 Å². The molecule has 0 amide bonds. The molecule has 1 unspecified atom stereocenters. The maximum atomic E-state index is 4.35. The predicted molar refractivity (Wildman–Crippen MR) is 93.4 cm³/mol. The fourth-order valence-electron chi connectivity index (χ4n) is 3.19. The number of allylic oxidation sites excluding steroid dienone is 1. The summed E-state index contributed by atoms with van der Waals surface area (Å²) in [4.78, 5) is 4.35. The van der Waals surface area contributed by atoms with E-state index < -0.39 is 0 Å². The number of fused-ring (bicyclic) bond motifs is 1. The summed E-state index contributed by atoms with van der Waals surface area (Å²) in [6, 6.07) is 19.8. The van der Waals surface area contributed by atoms with Gasteiger partial charge in [-0.2, -0.15) is 0 Å². The molecule has 0 radical (unpaired) electrons. The third kappa shape index (κ3) is 2.17. The monoisotopic (exact) mass is 286 g/mol. The molecule has 2 nitrogen and oxygen atoms in total. The van der Waals surface area contributed by atoms with Gasteiger partial charge in [0, 0.05) is 29.0 Å². The lowest BCUT2D eigenvalue weighted by Crippen LogP contribution is -2.12. The third-order valence-electron chi connectivity index (χ3n) is 4.22. The highest BCUT2D eigenvalue weighted by atomic mass is 15.0. The van der Waals surface area contributed by atoms with Crippen molar-refractivity contribution in [2.75, 3.05) is 0 Å². The Balaban J connectivity index is 1.98. The maximum absolute atomic E-state index is 4.35. The molecule has 0 aliphatic carbocycles. The largest absolute Gasteiger partial charge is 0.332 e. The maximum Gasteiger partial charge on any atom is 0.0728 e. The second-order valence-electron chi connectivity index (χ2n) is 5.81. The van der Waals surface area contributed by atoms with Crippen molar-refractivity contribution in [3.05, 3.63) is 72.4 Å². The SMILES string of the molecule is Cc1ccc2c(c1)cc(-c1ccccc1)n2C1C=NC=CC1. The summed E-state index contributed by atoms with van der Waals surface area (Å²) < 4.78 is 2.41. The quantitative estimate of drug-likeness (QED) is 0.620. The number of rotatable bonds is 2. The van der Waals surface area contributed by atoms with E-state index in [1.165, 1.54) is 27.7 Å². The molecular weight excluding hydrogens is 268 g/mol. The summed E-state index contributed by atoms with van der Waals surface area (Å²) in [5.74, 6) is 0. The second kappa shape index (κ2) is 5.30. The van der Waals surface area contributed by atoms with Crippen LogP contribution < -0.4 is 0 Å². The topological polar surface area (TPSA) is 17.3 Å². The highest BCUT2D eigenvalue weighted by molar-refractivity contribution is 5.89. The number of hydrogen-bond acceptors (Lipinski definition) is 1. The first-order valence-corrected chi connectivity index (χ1v) is 7.68. The molecular formula is C20H18N2. The lowest BCUT2D eigenvalue weighted by Gasteiger charge is -2.19. The number of hydrogen-bond donors (Lipinski definition) is 0. The van der Waals surface area contributed by atoms with Gasteiger partial charge >= 0.3 is 0 Å². The Labute approximate surface area is 130 Å². The van der Waals surface area contributed by atoms with Gasteiger partial charge in [-0.05, 0) is 37.1 Å². The lowest BCUT2D eigenvalue weighted by atomic mass is 10.1. The molecule has 0 saturated heterocycles. The molecule has 1 aliphatic heterocycles. The minimum absolute atomic E-state index is 0.278. The standard InChI is InChI=1S/C20H18N2/c1-15-9-10-19-17(12-15)13-20(16-6-3-2-4-7-16)22(19)18-8-5-11-21-14-18/h2-7,9-14,18H,8H2,1H3. The van der Waals surface area contributed by atoms with Crippen LogP contribution >= 0.6 is 0 Å². The van der Waals surface area contributed by atoms with Crippen molar-refractivity contribution in [2.45, 2.75) is 19.4 Å². The van der Waals surface area contributed by atoms with Crippen LogP contribution in [0, 0.1) is 6.92 Å². The highest BCUT2D eigenvalue weighted by Gasteiger charge is 2.17. The molecule has 4 rings (SSSR count). The van der Waals surface area contributed by atoms with Crippen molar-refractivity contribution in [1.82, 2.24) is 4.57 Å². The molecule has 0 saturated carbocycles. The van der Waals surface area contributed by atoms with Gasteiger partial charge in [0.15, 0.2) is 0 Å².